The molecule has 2 nitrogen and oxygen atoms in total. The highest BCUT2D eigenvalue weighted by atomic mass is 32.1. The molecular weight excluding hydrogens is 216 g/mol. The Balaban J connectivity index is 1.94. The molecule has 0 aromatic carbocycles. The van der Waals surface area contributed by atoms with Gasteiger partial charge in [-0.3, -0.25) is 0 Å². The predicted octanol–water partition coefficient (Wildman–Crippen LogP) is 3.69. The Kier molecular flexibility index (Phi) is 4.79. The summed E-state index contributed by atoms with van der Waals surface area (Å²) < 4.78 is 0. The van der Waals surface area contributed by atoms with Crippen LogP contribution in [0.25, 0.3) is 0 Å². The molecule has 90 valence electrons. The van der Waals surface area contributed by atoms with Gasteiger partial charge in [-0.05, 0) is 19.4 Å². The molecule has 16 heavy (non-hydrogen) atoms. The molecule has 1 saturated carbocycles. The highest BCUT2D eigenvalue weighted by molar-refractivity contribution is 7.11. The van der Waals surface area contributed by atoms with Crippen LogP contribution in [0.3, 0.4) is 0 Å². The maximum absolute atomic E-state index is 4.61. The van der Waals surface area contributed by atoms with Gasteiger partial charge in [-0.25, -0.2) is 4.98 Å². The first-order valence-electron chi connectivity index (χ1n) is 6.55. The van der Waals surface area contributed by atoms with Gasteiger partial charge in [0.2, 0.25) is 0 Å². The third-order valence-electron chi connectivity index (χ3n) is 3.33. The van der Waals surface area contributed by atoms with E-state index in [0.29, 0.717) is 0 Å². The molecule has 0 aliphatic heterocycles. The van der Waals surface area contributed by atoms with Gasteiger partial charge in [0, 0.05) is 23.5 Å². The fourth-order valence-corrected chi connectivity index (χ4v) is 3.42. The van der Waals surface area contributed by atoms with Crippen LogP contribution in [0.4, 0.5) is 0 Å². The first-order valence-corrected chi connectivity index (χ1v) is 7.37. The van der Waals surface area contributed by atoms with Gasteiger partial charge in [0.1, 0.15) is 0 Å². The number of hydrogen-bond acceptors (Lipinski definition) is 3. The van der Waals surface area contributed by atoms with Crippen molar-refractivity contribution >= 4 is 11.3 Å². The van der Waals surface area contributed by atoms with E-state index in [0.717, 1.165) is 19.0 Å². The van der Waals surface area contributed by atoms with E-state index >= 15 is 0 Å². The van der Waals surface area contributed by atoms with E-state index in [1.807, 2.05) is 11.3 Å². The van der Waals surface area contributed by atoms with Crippen molar-refractivity contribution in [3.63, 3.8) is 0 Å². The van der Waals surface area contributed by atoms with Crippen LogP contribution in [0.1, 0.15) is 61.3 Å². The summed E-state index contributed by atoms with van der Waals surface area (Å²) in [6, 6.07) is 0. The molecule has 0 atom stereocenters. The standard InChI is InChI=1S/C13H22N2S/c1-2-14-9-12-10-15-13(16-12)11-7-5-3-4-6-8-11/h10-11,14H,2-9H2,1H3. The second-order valence-electron chi connectivity index (χ2n) is 4.63. The molecule has 1 fully saturated rings. The molecule has 1 N–H and O–H groups in total. The molecule has 2 rings (SSSR count). The average molecular weight is 238 g/mol. The maximum atomic E-state index is 4.61. The monoisotopic (exact) mass is 238 g/mol. The van der Waals surface area contributed by atoms with Crippen molar-refractivity contribution in [2.24, 2.45) is 0 Å². The number of nitrogens with zero attached hydrogens (tertiary/aromatic N) is 1. The Morgan fingerprint density at radius 2 is 2.06 bits per heavy atom. The van der Waals surface area contributed by atoms with Crippen LogP contribution in [0.5, 0.6) is 0 Å². The van der Waals surface area contributed by atoms with E-state index in [2.05, 4.69) is 23.4 Å². The SMILES string of the molecule is CCNCc1cnc(C2CCCCCC2)s1. The van der Waals surface area contributed by atoms with Gasteiger partial charge in [-0.2, -0.15) is 0 Å². The number of hydrogen-bond donors (Lipinski definition) is 1. The summed E-state index contributed by atoms with van der Waals surface area (Å²) in [6.07, 6.45) is 10.4. The van der Waals surface area contributed by atoms with Crippen molar-refractivity contribution < 1.29 is 0 Å². The molecule has 1 aromatic rings. The lowest BCUT2D eigenvalue weighted by molar-refractivity contribution is 0.589. The highest BCUT2D eigenvalue weighted by Crippen LogP contribution is 2.33. The van der Waals surface area contributed by atoms with Crippen LogP contribution in [0.2, 0.25) is 0 Å². The van der Waals surface area contributed by atoms with Crippen molar-refractivity contribution in [1.29, 1.82) is 0 Å². The summed E-state index contributed by atoms with van der Waals surface area (Å²) in [5.74, 6) is 0.753. The van der Waals surface area contributed by atoms with Gasteiger partial charge in [-0.1, -0.05) is 32.6 Å². The molecular formula is C13H22N2S. The second kappa shape index (κ2) is 6.36. The van der Waals surface area contributed by atoms with Crippen molar-refractivity contribution in [2.45, 2.75) is 57.9 Å². The van der Waals surface area contributed by atoms with Gasteiger partial charge in [0.05, 0.1) is 5.01 Å². The summed E-state index contributed by atoms with van der Waals surface area (Å²) in [5.41, 5.74) is 0. The Morgan fingerprint density at radius 3 is 2.75 bits per heavy atom. The van der Waals surface area contributed by atoms with Gasteiger partial charge in [0.15, 0.2) is 0 Å². The lowest BCUT2D eigenvalue weighted by atomic mass is 10.0. The van der Waals surface area contributed by atoms with Crippen LogP contribution in [0.15, 0.2) is 6.20 Å². The summed E-state index contributed by atoms with van der Waals surface area (Å²) in [6.45, 7) is 4.17. The maximum Gasteiger partial charge on any atom is 0.0959 e. The first-order chi connectivity index (χ1) is 7.90. The minimum atomic E-state index is 0.753. The molecule has 1 aromatic heterocycles. The molecule has 3 heteroatoms. The van der Waals surface area contributed by atoms with Crippen LogP contribution >= 0.6 is 11.3 Å². The molecule has 0 saturated heterocycles. The fraction of sp³-hybridized carbons (Fsp3) is 0.769. The topological polar surface area (TPSA) is 24.9 Å². The first kappa shape index (κ1) is 12.1. The number of nitrogens with one attached hydrogen (secondary N) is 1. The molecule has 0 bridgehead atoms. The minimum Gasteiger partial charge on any atom is -0.312 e. The molecule has 0 unspecified atom stereocenters. The lowest BCUT2D eigenvalue weighted by Gasteiger charge is -2.09. The lowest BCUT2D eigenvalue weighted by Crippen LogP contribution is -2.10. The van der Waals surface area contributed by atoms with E-state index in [-0.39, 0.29) is 0 Å². The van der Waals surface area contributed by atoms with Crippen LogP contribution < -0.4 is 5.32 Å². The number of thiazole rings is 1. The molecule has 0 radical (unpaired) electrons. The van der Waals surface area contributed by atoms with Gasteiger partial charge in [-0.15, -0.1) is 11.3 Å². The van der Waals surface area contributed by atoms with Gasteiger partial charge >= 0.3 is 0 Å². The average Bonchev–Trinajstić information content (AvgIpc) is 2.60. The largest absolute Gasteiger partial charge is 0.312 e. The third-order valence-corrected chi connectivity index (χ3v) is 4.48. The highest BCUT2D eigenvalue weighted by Gasteiger charge is 2.17. The second-order valence-corrected chi connectivity index (χ2v) is 5.78. The summed E-state index contributed by atoms with van der Waals surface area (Å²) in [7, 11) is 0. The molecule has 1 heterocycles. The van der Waals surface area contributed by atoms with E-state index < -0.39 is 0 Å². The van der Waals surface area contributed by atoms with Crippen molar-refractivity contribution in [1.82, 2.24) is 10.3 Å². The van der Waals surface area contributed by atoms with Crippen molar-refractivity contribution in [2.75, 3.05) is 6.54 Å². The Bertz CT molecular complexity index is 301. The zero-order chi connectivity index (χ0) is 11.2. The van der Waals surface area contributed by atoms with Crippen molar-refractivity contribution in [3.05, 3.63) is 16.1 Å². The summed E-state index contributed by atoms with van der Waals surface area (Å²) >= 11 is 1.91. The third kappa shape index (κ3) is 3.29. The summed E-state index contributed by atoms with van der Waals surface area (Å²) in [5, 5.41) is 4.75. The van der Waals surface area contributed by atoms with E-state index in [1.165, 1.54) is 48.4 Å². The molecule has 0 amide bonds. The predicted molar refractivity (Wildman–Crippen MR) is 69.9 cm³/mol. The zero-order valence-corrected chi connectivity index (χ0v) is 11.0. The molecule has 1 aliphatic rings. The van der Waals surface area contributed by atoms with E-state index in [1.54, 1.807) is 0 Å². The fourth-order valence-electron chi connectivity index (χ4n) is 2.37. The summed E-state index contributed by atoms with van der Waals surface area (Å²) in [4.78, 5) is 6.00. The van der Waals surface area contributed by atoms with E-state index in [4.69, 9.17) is 0 Å². The Morgan fingerprint density at radius 1 is 1.31 bits per heavy atom. The van der Waals surface area contributed by atoms with Crippen LogP contribution in [-0.4, -0.2) is 11.5 Å². The number of rotatable bonds is 4. The Labute approximate surface area is 102 Å². The van der Waals surface area contributed by atoms with Crippen molar-refractivity contribution in [3.8, 4) is 0 Å². The number of aromatic nitrogens is 1. The Hall–Kier alpha value is -0.410. The molecule has 1 aliphatic carbocycles. The van der Waals surface area contributed by atoms with Gasteiger partial charge in [0.25, 0.3) is 0 Å². The van der Waals surface area contributed by atoms with Crippen LogP contribution in [-0.2, 0) is 6.54 Å². The smallest absolute Gasteiger partial charge is 0.0959 e. The van der Waals surface area contributed by atoms with E-state index in [9.17, 15) is 0 Å². The molecule has 0 spiro atoms. The normalized spacial score (nSPS) is 18.6. The quantitative estimate of drug-likeness (QED) is 0.809. The van der Waals surface area contributed by atoms with Crippen LogP contribution in [0, 0.1) is 0 Å². The zero-order valence-electron chi connectivity index (χ0n) is 10.2. The van der Waals surface area contributed by atoms with Gasteiger partial charge < -0.3 is 5.32 Å². The minimum absolute atomic E-state index is 0.753.